The van der Waals surface area contributed by atoms with Gasteiger partial charge in [-0.2, -0.15) is 0 Å². The number of hydrogen-bond acceptors (Lipinski definition) is 5. The number of aliphatic hydroxyl groups is 1. The van der Waals surface area contributed by atoms with Gasteiger partial charge in [0, 0.05) is 12.1 Å². The summed E-state index contributed by atoms with van der Waals surface area (Å²) in [6.07, 6.45) is -0.197. The summed E-state index contributed by atoms with van der Waals surface area (Å²) in [4.78, 5) is 10.9. The van der Waals surface area contributed by atoms with Crippen molar-refractivity contribution in [2.75, 3.05) is 19.5 Å². The minimum atomic E-state index is -3.57. The monoisotopic (exact) mass is 311 g/mol. The lowest BCUT2D eigenvalue weighted by Crippen LogP contribution is -2.27. The van der Waals surface area contributed by atoms with E-state index >= 15 is 0 Å². The molecule has 0 saturated heterocycles. The van der Waals surface area contributed by atoms with Crippen molar-refractivity contribution >= 4 is 16.0 Å². The first-order valence-electron chi connectivity index (χ1n) is 6.20. The number of rotatable bonds is 6. The van der Waals surface area contributed by atoms with Crippen LogP contribution in [0.3, 0.4) is 0 Å². The van der Waals surface area contributed by atoms with Gasteiger partial charge in [-0.05, 0) is 11.6 Å². The molecule has 1 aromatic rings. The maximum absolute atomic E-state index is 11.8. The van der Waals surface area contributed by atoms with E-state index in [4.69, 9.17) is 5.11 Å². The van der Waals surface area contributed by atoms with Crippen molar-refractivity contribution in [2.45, 2.75) is 13.0 Å². The number of sulfonamides is 1. The van der Waals surface area contributed by atoms with Gasteiger partial charge in [0.2, 0.25) is 10.0 Å². The molecule has 7 heteroatoms. The number of benzene rings is 1. The quantitative estimate of drug-likeness (QED) is 0.570. The second-order valence-electron chi connectivity index (χ2n) is 4.08. The predicted octanol–water partition coefficient (Wildman–Crippen LogP) is 0.0129. The molecular weight excluding hydrogens is 294 g/mol. The Kier molecular flexibility index (Phi) is 6.88. The van der Waals surface area contributed by atoms with E-state index in [9.17, 15) is 13.2 Å². The van der Waals surface area contributed by atoms with Crippen LogP contribution in [0.1, 0.15) is 17.5 Å². The van der Waals surface area contributed by atoms with Crippen molar-refractivity contribution in [3.63, 3.8) is 0 Å². The van der Waals surface area contributed by atoms with Crippen LogP contribution in [-0.4, -0.2) is 39.0 Å². The van der Waals surface area contributed by atoms with Crippen molar-refractivity contribution in [2.24, 2.45) is 0 Å². The van der Waals surface area contributed by atoms with E-state index in [1.54, 1.807) is 24.3 Å². The van der Waals surface area contributed by atoms with Crippen molar-refractivity contribution < 1.29 is 23.1 Å². The van der Waals surface area contributed by atoms with Crippen LogP contribution in [0.5, 0.6) is 0 Å². The fourth-order valence-corrected chi connectivity index (χ4v) is 2.47. The molecule has 0 unspecified atom stereocenters. The Bertz CT molecular complexity index is 643. The van der Waals surface area contributed by atoms with Gasteiger partial charge in [-0.25, -0.2) is 13.1 Å². The van der Waals surface area contributed by atoms with E-state index in [0.717, 1.165) is 0 Å². The zero-order chi connectivity index (χ0) is 15.7. The lowest BCUT2D eigenvalue weighted by atomic mass is 10.1. The molecule has 0 atom stereocenters. The maximum Gasteiger partial charge on any atom is 0.306 e. The molecule has 0 fully saturated rings. The van der Waals surface area contributed by atoms with Crippen molar-refractivity contribution in [1.82, 2.24) is 4.72 Å². The minimum Gasteiger partial charge on any atom is -0.469 e. The average molecular weight is 311 g/mol. The molecule has 1 rings (SSSR count). The Labute approximate surface area is 124 Å². The van der Waals surface area contributed by atoms with Crippen molar-refractivity contribution in [3.05, 3.63) is 35.4 Å². The molecule has 0 heterocycles. The molecule has 1 aromatic carbocycles. The molecule has 0 spiro atoms. The first-order chi connectivity index (χ1) is 9.98. The normalized spacial score (nSPS) is 10.6. The third-order valence-electron chi connectivity index (χ3n) is 2.60. The first kappa shape index (κ1) is 17.2. The summed E-state index contributed by atoms with van der Waals surface area (Å²) in [7, 11) is -2.36. The van der Waals surface area contributed by atoms with Crippen LogP contribution in [-0.2, 0) is 26.1 Å². The third-order valence-corrected chi connectivity index (χ3v) is 3.93. The van der Waals surface area contributed by atoms with E-state index < -0.39 is 16.0 Å². The van der Waals surface area contributed by atoms with Gasteiger partial charge in [-0.15, -0.1) is 0 Å². The molecule has 0 aliphatic rings. The maximum atomic E-state index is 11.8. The molecule has 0 bridgehead atoms. The number of carbonyl (C=O) groups is 1. The molecule has 2 N–H and O–H groups in total. The molecule has 6 nitrogen and oxygen atoms in total. The largest absolute Gasteiger partial charge is 0.469 e. The minimum absolute atomic E-state index is 0.0692. The number of methoxy groups -OCH3 is 1. The topological polar surface area (TPSA) is 92.7 Å². The van der Waals surface area contributed by atoms with Gasteiger partial charge in [-0.1, -0.05) is 30.0 Å². The van der Waals surface area contributed by atoms with E-state index in [2.05, 4.69) is 21.3 Å². The third kappa shape index (κ3) is 6.40. The highest BCUT2D eigenvalue weighted by atomic mass is 32.2. The predicted molar refractivity (Wildman–Crippen MR) is 77.7 cm³/mol. The van der Waals surface area contributed by atoms with Gasteiger partial charge in [0.05, 0.1) is 19.3 Å². The number of ether oxygens (including phenoxy) is 1. The van der Waals surface area contributed by atoms with Gasteiger partial charge < -0.3 is 9.84 Å². The highest BCUT2D eigenvalue weighted by molar-refractivity contribution is 7.89. The Morgan fingerprint density at radius 1 is 1.38 bits per heavy atom. The molecule has 114 valence electrons. The van der Waals surface area contributed by atoms with E-state index in [-0.39, 0.29) is 25.3 Å². The van der Waals surface area contributed by atoms with Crippen LogP contribution in [0.4, 0.5) is 0 Å². The van der Waals surface area contributed by atoms with Crippen LogP contribution < -0.4 is 4.72 Å². The highest BCUT2D eigenvalue weighted by Gasteiger charge is 2.13. The van der Waals surface area contributed by atoms with Crippen LogP contribution in [0.25, 0.3) is 0 Å². The van der Waals surface area contributed by atoms with E-state index in [1.165, 1.54) is 7.11 Å². The summed E-state index contributed by atoms with van der Waals surface area (Å²) in [6, 6.07) is 7.02. The summed E-state index contributed by atoms with van der Waals surface area (Å²) < 4.78 is 30.3. The van der Waals surface area contributed by atoms with Crippen LogP contribution in [0, 0.1) is 11.8 Å². The lowest BCUT2D eigenvalue weighted by molar-refractivity contribution is -0.140. The first-order valence-corrected chi connectivity index (χ1v) is 7.85. The van der Waals surface area contributed by atoms with Crippen LogP contribution in [0.15, 0.2) is 24.3 Å². The molecule has 0 saturated carbocycles. The smallest absolute Gasteiger partial charge is 0.306 e. The molecule has 0 aliphatic carbocycles. The Balaban J connectivity index is 2.68. The summed E-state index contributed by atoms with van der Waals surface area (Å²) >= 11 is 0. The summed E-state index contributed by atoms with van der Waals surface area (Å²) in [5.41, 5.74) is 1.34. The number of hydrogen-bond donors (Lipinski definition) is 2. The van der Waals surface area contributed by atoms with Gasteiger partial charge in [0.15, 0.2) is 0 Å². The SMILES string of the molecule is COC(=O)CCS(=O)(=O)NCc1ccccc1C#CCO. The molecule has 0 amide bonds. The zero-order valence-electron chi connectivity index (χ0n) is 11.6. The van der Waals surface area contributed by atoms with Gasteiger partial charge >= 0.3 is 5.97 Å². The zero-order valence-corrected chi connectivity index (χ0v) is 12.4. The van der Waals surface area contributed by atoms with Gasteiger partial charge in [-0.3, -0.25) is 4.79 Å². The Morgan fingerprint density at radius 2 is 2.10 bits per heavy atom. The molecular formula is C14H17NO5S. The fraction of sp³-hybridized carbons (Fsp3) is 0.357. The number of aliphatic hydroxyl groups excluding tert-OH is 1. The van der Waals surface area contributed by atoms with E-state index in [1.807, 2.05) is 0 Å². The van der Waals surface area contributed by atoms with Gasteiger partial charge in [0.1, 0.15) is 6.61 Å². The van der Waals surface area contributed by atoms with Gasteiger partial charge in [0.25, 0.3) is 0 Å². The van der Waals surface area contributed by atoms with Crippen LogP contribution in [0.2, 0.25) is 0 Å². The summed E-state index contributed by atoms with van der Waals surface area (Å²) in [6.45, 7) is -0.195. The number of esters is 1. The molecule has 0 radical (unpaired) electrons. The molecule has 0 aliphatic heterocycles. The van der Waals surface area contributed by atoms with E-state index in [0.29, 0.717) is 11.1 Å². The number of nitrogens with one attached hydrogen (secondary N) is 1. The average Bonchev–Trinajstić information content (AvgIpc) is 2.49. The Morgan fingerprint density at radius 3 is 2.76 bits per heavy atom. The van der Waals surface area contributed by atoms with Crippen LogP contribution >= 0.6 is 0 Å². The van der Waals surface area contributed by atoms with Crippen molar-refractivity contribution in [1.29, 1.82) is 0 Å². The molecule has 0 aromatic heterocycles. The second kappa shape index (κ2) is 8.42. The van der Waals surface area contributed by atoms with Crippen molar-refractivity contribution in [3.8, 4) is 11.8 Å². The lowest BCUT2D eigenvalue weighted by Gasteiger charge is -2.08. The fourth-order valence-electron chi connectivity index (χ4n) is 1.51. The Hall–Kier alpha value is -1.88. The summed E-state index contributed by atoms with van der Waals surface area (Å²) in [5.74, 6) is 4.36. The highest BCUT2D eigenvalue weighted by Crippen LogP contribution is 2.07. The second-order valence-corrected chi connectivity index (χ2v) is 6.01. The molecule has 21 heavy (non-hydrogen) atoms. The standard InChI is InChI=1S/C14H17NO5S/c1-20-14(17)8-10-21(18,19)15-11-13-6-3-2-5-12(13)7-4-9-16/h2-3,5-6,15-16H,8-11H2,1H3. The number of carbonyl (C=O) groups excluding carboxylic acids is 1. The summed E-state index contributed by atoms with van der Waals surface area (Å²) in [5, 5.41) is 8.69.